The Morgan fingerprint density at radius 3 is 2.52 bits per heavy atom. The summed E-state index contributed by atoms with van der Waals surface area (Å²) in [4.78, 5) is 14.2. The smallest absolute Gasteiger partial charge is 0.220 e. The van der Waals surface area contributed by atoms with Gasteiger partial charge in [0.1, 0.15) is 0 Å². The third kappa shape index (κ3) is 7.68. The van der Waals surface area contributed by atoms with E-state index in [0.29, 0.717) is 12.5 Å². The van der Waals surface area contributed by atoms with Gasteiger partial charge in [-0.3, -0.25) is 4.79 Å². The molecule has 1 atom stereocenters. The molecule has 1 saturated heterocycles. The number of carbonyl (C=O) groups is 1. The lowest BCUT2D eigenvalue weighted by Gasteiger charge is -2.23. The van der Waals surface area contributed by atoms with Gasteiger partial charge in [0.2, 0.25) is 5.91 Å². The number of likely N-dealkylation sites (N-methyl/N-ethyl adjacent to an activating group) is 1. The number of nitrogens with one attached hydrogen (secondary N) is 2. The van der Waals surface area contributed by atoms with Gasteiger partial charge in [-0.25, -0.2) is 0 Å². The van der Waals surface area contributed by atoms with Crippen LogP contribution in [0, 0.1) is 0 Å². The standard InChI is InChI=1S/C15H29N3O.2ClH/c1-18(14-6-2-3-7-14)12-11-17-15(19)9-8-13-5-4-10-16-13;;/h13-14,16H,2-12H2,1H3,(H,17,19);2*1H. The lowest BCUT2D eigenvalue weighted by atomic mass is 10.1. The van der Waals surface area contributed by atoms with Crippen LogP contribution in [0.5, 0.6) is 0 Å². The minimum absolute atomic E-state index is 0. The second-order valence-electron chi connectivity index (χ2n) is 6.10. The van der Waals surface area contributed by atoms with Gasteiger partial charge in [-0.05, 0) is 45.7 Å². The Morgan fingerprint density at radius 1 is 1.19 bits per heavy atom. The van der Waals surface area contributed by atoms with Crippen LogP contribution in [0.2, 0.25) is 0 Å². The van der Waals surface area contributed by atoms with Crippen molar-refractivity contribution in [2.45, 2.75) is 63.5 Å². The third-order valence-corrected chi connectivity index (χ3v) is 4.62. The highest BCUT2D eigenvalue weighted by Gasteiger charge is 2.19. The molecule has 2 N–H and O–H groups in total. The SMILES string of the molecule is CN(CCNC(=O)CCC1CCCN1)C1CCCC1.Cl.Cl. The molecule has 4 nitrogen and oxygen atoms in total. The lowest BCUT2D eigenvalue weighted by Crippen LogP contribution is -2.37. The number of carbonyl (C=O) groups excluding carboxylic acids is 1. The summed E-state index contributed by atoms with van der Waals surface area (Å²) < 4.78 is 0. The van der Waals surface area contributed by atoms with Crippen LogP contribution in [0.1, 0.15) is 51.4 Å². The largest absolute Gasteiger partial charge is 0.355 e. The highest BCUT2D eigenvalue weighted by Crippen LogP contribution is 2.21. The van der Waals surface area contributed by atoms with Crippen molar-refractivity contribution in [3.8, 4) is 0 Å². The molecule has 6 heteroatoms. The topological polar surface area (TPSA) is 44.4 Å². The summed E-state index contributed by atoms with van der Waals surface area (Å²) in [5.41, 5.74) is 0. The van der Waals surface area contributed by atoms with Gasteiger partial charge in [0.05, 0.1) is 0 Å². The van der Waals surface area contributed by atoms with Crippen molar-refractivity contribution in [2.75, 3.05) is 26.7 Å². The summed E-state index contributed by atoms with van der Waals surface area (Å²) in [6.07, 6.45) is 9.56. The maximum Gasteiger partial charge on any atom is 0.220 e. The highest BCUT2D eigenvalue weighted by atomic mass is 35.5. The van der Waals surface area contributed by atoms with Crippen LogP contribution in [-0.4, -0.2) is 49.6 Å². The van der Waals surface area contributed by atoms with Gasteiger partial charge in [0.15, 0.2) is 0 Å². The van der Waals surface area contributed by atoms with E-state index < -0.39 is 0 Å². The molecule has 126 valence electrons. The molecule has 1 saturated carbocycles. The summed E-state index contributed by atoms with van der Waals surface area (Å²) in [6.45, 7) is 2.90. The van der Waals surface area contributed by atoms with Crippen molar-refractivity contribution in [1.82, 2.24) is 15.5 Å². The second-order valence-corrected chi connectivity index (χ2v) is 6.10. The van der Waals surface area contributed by atoms with Gasteiger partial charge < -0.3 is 15.5 Å². The molecule has 0 aromatic carbocycles. The molecular formula is C15H31Cl2N3O. The van der Waals surface area contributed by atoms with Crippen molar-refractivity contribution in [1.29, 1.82) is 0 Å². The van der Waals surface area contributed by atoms with Crippen LogP contribution >= 0.6 is 24.8 Å². The lowest BCUT2D eigenvalue weighted by molar-refractivity contribution is -0.121. The molecule has 1 amide bonds. The zero-order valence-electron chi connectivity index (χ0n) is 13.1. The Bertz CT molecular complexity index is 280. The maximum absolute atomic E-state index is 11.7. The molecule has 1 unspecified atom stereocenters. The van der Waals surface area contributed by atoms with E-state index in [1.807, 2.05) is 0 Å². The van der Waals surface area contributed by atoms with Crippen molar-refractivity contribution < 1.29 is 4.79 Å². The van der Waals surface area contributed by atoms with Crippen LogP contribution in [0.3, 0.4) is 0 Å². The van der Waals surface area contributed by atoms with E-state index in [9.17, 15) is 4.79 Å². The first-order valence-corrected chi connectivity index (χ1v) is 7.96. The Hall–Kier alpha value is -0.0300. The predicted octanol–water partition coefficient (Wildman–Crippen LogP) is 2.35. The number of nitrogens with zero attached hydrogens (tertiary/aromatic N) is 1. The summed E-state index contributed by atoms with van der Waals surface area (Å²) >= 11 is 0. The Labute approximate surface area is 141 Å². The fourth-order valence-electron chi connectivity index (χ4n) is 3.30. The summed E-state index contributed by atoms with van der Waals surface area (Å²) in [5, 5.41) is 6.49. The van der Waals surface area contributed by atoms with Crippen LogP contribution in [0.25, 0.3) is 0 Å². The second kappa shape index (κ2) is 11.5. The molecule has 0 spiro atoms. The summed E-state index contributed by atoms with van der Waals surface area (Å²) in [6, 6.07) is 1.33. The molecular weight excluding hydrogens is 309 g/mol. The van der Waals surface area contributed by atoms with Crippen LogP contribution in [0.15, 0.2) is 0 Å². The zero-order valence-corrected chi connectivity index (χ0v) is 14.7. The zero-order chi connectivity index (χ0) is 13.5. The van der Waals surface area contributed by atoms with Gasteiger partial charge >= 0.3 is 0 Å². The number of hydrogen-bond donors (Lipinski definition) is 2. The molecule has 0 aromatic rings. The van der Waals surface area contributed by atoms with E-state index in [2.05, 4.69) is 22.6 Å². The van der Waals surface area contributed by atoms with E-state index in [1.165, 1.54) is 38.5 Å². The maximum atomic E-state index is 11.7. The van der Waals surface area contributed by atoms with E-state index >= 15 is 0 Å². The fourth-order valence-corrected chi connectivity index (χ4v) is 3.30. The van der Waals surface area contributed by atoms with Gasteiger partial charge in [-0.2, -0.15) is 0 Å². The van der Waals surface area contributed by atoms with E-state index in [4.69, 9.17) is 0 Å². The molecule has 2 aliphatic rings. The predicted molar refractivity (Wildman–Crippen MR) is 92.7 cm³/mol. The third-order valence-electron chi connectivity index (χ3n) is 4.62. The molecule has 2 fully saturated rings. The molecule has 2 rings (SSSR count). The van der Waals surface area contributed by atoms with Gasteiger partial charge in [0.25, 0.3) is 0 Å². The molecule has 21 heavy (non-hydrogen) atoms. The van der Waals surface area contributed by atoms with Crippen molar-refractivity contribution in [2.24, 2.45) is 0 Å². The average molecular weight is 340 g/mol. The fraction of sp³-hybridized carbons (Fsp3) is 0.933. The molecule has 1 aliphatic heterocycles. The van der Waals surface area contributed by atoms with Gasteiger partial charge in [-0.1, -0.05) is 12.8 Å². The number of hydrogen-bond acceptors (Lipinski definition) is 3. The monoisotopic (exact) mass is 339 g/mol. The van der Waals surface area contributed by atoms with Gasteiger partial charge in [-0.15, -0.1) is 24.8 Å². The van der Waals surface area contributed by atoms with E-state index in [0.717, 1.165) is 32.1 Å². The molecule has 0 radical (unpaired) electrons. The Kier molecular flexibility index (Phi) is 11.5. The van der Waals surface area contributed by atoms with Crippen LogP contribution in [0.4, 0.5) is 0 Å². The first kappa shape index (κ1) is 21.0. The van der Waals surface area contributed by atoms with E-state index in [-0.39, 0.29) is 30.7 Å². The first-order valence-electron chi connectivity index (χ1n) is 7.96. The summed E-state index contributed by atoms with van der Waals surface area (Å²) in [5.74, 6) is 0.216. The molecule has 1 aliphatic carbocycles. The molecule has 0 bridgehead atoms. The quantitative estimate of drug-likeness (QED) is 0.748. The number of halogens is 2. The normalized spacial score (nSPS) is 21.9. The highest BCUT2D eigenvalue weighted by molar-refractivity contribution is 5.85. The van der Waals surface area contributed by atoms with Crippen molar-refractivity contribution in [3.05, 3.63) is 0 Å². The minimum Gasteiger partial charge on any atom is -0.355 e. The van der Waals surface area contributed by atoms with Gasteiger partial charge in [0, 0.05) is 31.6 Å². The molecule has 1 heterocycles. The Balaban J connectivity index is 0.00000200. The Morgan fingerprint density at radius 2 is 1.90 bits per heavy atom. The van der Waals surface area contributed by atoms with Crippen molar-refractivity contribution >= 4 is 30.7 Å². The van der Waals surface area contributed by atoms with Crippen LogP contribution in [-0.2, 0) is 4.79 Å². The summed E-state index contributed by atoms with van der Waals surface area (Å²) in [7, 11) is 2.19. The minimum atomic E-state index is 0. The van der Waals surface area contributed by atoms with Crippen molar-refractivity contribution in [3.63, 3.8) is 0 Å². The van der Waals surface area contributed by atoms with Crippen LogP contribution < -0.4 is 10.6 Å². The first-order chi connectivity index (χ1) is 9.25. The average Bonchev–Trinajstić information content (AvgIpc) is 3.09. The number of rotatable bonds is 7. The molecule has 0 aromatic heterocycles. The van der Waals surface area contributed by atoms with E-state index in [1.54, 1.807) is 0 Å². The number of amides is 1.